The van der Waals surface area contributed by atoms with Crippen LogP contribution in [0.3, 0.4) is 0 Å². The maximum atomic E-state index is 11.6. The number of fused-ring (bicyclic) bond motifs is 1. The highest BCUT2D eigenvalue weighted by molar-refractivity contribution is 5.68. The molecule has 108 valence electrons. The summed E-state index contributed by atoms with van der Waals surface area (Å²) >= 11 is 0. The van der Waals surface area contributed by atoms with Gasteiger partial charge >= 0.3 is 5.69 Å². The van der Waals surface area contributed by atoms with Crippen LogP contribution in [0, 0.1) is 0 Å². The lowest BCUT2D eigenvalue weighted by atomic mass is 10.1. The highest BCUT2D eigenvalue weighted by Crippen LogP contribution is 2.17. The van der Waals surface area contributed by atoms with E-state index in [2.05, 4.69) is 19.9 Å². The van der Waals surface area contributed by atoms with Gasteiger partial charge in [0.2, 0.25) is 0 Å². The standard InChI is InChI=1S/C13H13N5O3/c14-8(5-6-1-3-7(19)4-2-6)10-15-9-11(16-10)17-13(21)18-12(9)20/h1-4,8,19H,5,14H2,(H3,15,16,17,18,20,21). The second-order valence-electron chi connectivity index (χ2n) is 4.73. The van der Waals surface area contributed by atoms with Crippen molar-refractivity contribution in [2.45, 2.75) is 12.5 Å². The van der Waals surface area contributed by atoms with Crippen LogP contribution in [-0.4, -0.2) is 25.0 Å². The Kier molecular flexibility index (Phi) is 3.07. The molecule has 21 heavy (non-hydrogen) atoms. The van der Waals surface area contributed by atoms with Gasteiger partial charge in [0.15, 0.2) is 5.65 Å². The normalized spacial score (nSPS) is 12.6. The molecule has 2 heterocycles. The molecular weight excluding hydrogens is 274 g/mol. The summed E-state index contributed by atoms with van der Waals surface area (Å²) in [5.74, 6) is 0.589. The van der Waals surface area contributed by atoms with Crippen LogP contribution in [-0.2, 0) is 6.42 Å². The quantitative estimate of drug-likeness (QED) is 0.457. The molecule has 1 unspecified atom stereocenters. The second-order valence-corrected chi connectivity index (χ2v) is 4.73. The summed E-state index contributed by atoms with van der Waals surface area (Å²) < 4.78 is 0. The Morgan fingerprint density at radius 2 is 1.86 bits per heavy atom. The van der Waals surface area contributed by atoms with Gasteiger partial charge in [0.1, 0.15) is 17.1 Å². The lowest BCUT2D eigenvalue weighted by Crippen LogP contribution is -2.21. The molecule has 0 fully saturated rings. The molecular formula is C13H13N5O3. The van der Waals surface area contributed by atoms with E-state index in [1.165, 1.54) is 0 Å². The zero-order valence-electron chi connectivity index (χ0n) is 10.9. The van der Waals surface area contributed by atoms with Gasteiger partial charge in [-0.2, -0.15) is 0 Å². The molecule has 8 heteroatoms. The number of nitrogens with two attached hydrogens (primary N) is 1. The van der Waals surface area contributed by atoms with Gasteiger partial charge in [-0.1, -0.05) is 12.1 Å². The molecule has 0 saturated carbocycles. The van der Waals surface area contributed by atoms with Crippen molar-refractivity contribution in [3.63, 3.8) is 0 Å². The number of hydrogen-bond acceptors (Lipinski definition) is 5. The molecule has 6 N–H and O–H groups in total. The number of hydrogen-bond donors (Lipinski definition) is 5. The van der Waals surface area contributed by atoms with Gasteiger partial charge < -0.3 is 15.8 Å². The van der Waals surface area contributed by atoms with Crippen LogP contribution in [0.25, 0.3) is 11.2 Å². The van der Waals surface area contributed by atoms with Crippen molar-refractivity contribution in [1.29, 1.82) is 0 Å². The molecule has 0 spiro atoms. The van der Waals surface area contributed by atoms with Gasteiger partial charge in [-0.15, -0.1) is 0 Å². The number of aromatic amines is 3. The van der Waals surface area contributed by atoms with Gasteiger partial charge in [0, 0.05) is 0 Å². The first-order chi connectivity index (χ1) is 10.0. The molecule has 1 aromatic carbocycles. The number of benzene rings is 1. The third-order valence-corrected chi connectivity index (χ3v) is 3.15. The summed E-state index contributed by atoms with van der Waals surface area (Å²) in [4.78, 5) is 34.3. The van der Waals surface area contributed by atoms with E-state index in [0.29, 0.717) is 12.2 Å². The lowest BCUT2D eigenvalue weighted by Gasteiger charge is -2.08. The second kappa shape index (κ2) is 4.91. The van der Waals surface area contributed by atoms with E-state index in [9.17, 15) is 14.7 Å². The van der Waals surface area contributed by atoms with E-state index in [4.69, 9.17) is 5.73 Å². The number of imidazole rings is 1. The minimum atomic E-state index is -0.613. The van der Waals surface area contributed by atoms with Crippen LogP contribution in [0.15, 0.2) is 33.9 Å². The summed E-state index contributed by atoms with van der Waals surface area (Å²) in [6.07, 6.45) is 0.474. The topological polar surface area (TPSA) is 141 Å². The van der Waals surface area contributed by atoms with Crippen molar-refractivity contribution in [3.8, 4) is 5.75 Å². The molecule has 0 aliphatic carbocycles. The van der Waals surface area contributed by atoms with Gasteiger partial charge in [-0.3, -0.25) is 14.8 Å². The van der Waals surface area contributed by atoms with E-state index in [1.54, 1.807) is 24.3 Å². The zero-order chi connectivity index (χ0) is 15.0. The van der Waals surface area contributed by atoms with Crippen molar-refractivity contribution in [2.24, 2.45) is 5.73 Å². The van der Waals surface area contributed by atoms with Gasteiger partial charge in [0.25, 0.3) is 5.56 Å². The van der Waals surface area contributed by atoms with Crippen LogP contribution in [0.4, 0.5) is 0 Å². The van der Waals surface area contributed by atoms with E-state index in [0.717, 1.165) is 5.56 Å². The highest BCUT2D eigenvalue weighted by Gasteiger charge is 2.14. The SMILES string of the molecule is NC(Cc1ccc(O)cc1)c1nc2[nH]c(=O)[nH]c(=O)c2[nH]1. The fraction of sp³-hybridized carbons (Fsp3) is 0.154. The van der Waals surface area contributed by atoms with Crippen molar-refractivity contribution < 1.29 is 5.11 Å². The highest BCUT2D eigenvalue weighted by atomic mass is 16.3. The first kappa shape index (κ1) is 13.1. The molecule has 0 amide bonds. The number of nitrogens with zero attached hydrogens (tertiary/aromatic N) is 1. The van der Waals surface area contributed by atoms with Crippen LogP contribution in [0.5, 0.6) is 5.75 Å². The van der Waals surface area contributed by atoms with Crippen molar-refractivity contribution in [3.05, 3.63) is 56.5 Å². The predicted molar refractivity (Wildman–Crippen MR) is 76.1 cm³/mol. The van der Waals surface area contributed by atoms with Crippen LogP contribution < -0.4 is 17.0 Å². The molecule has 0 bridgehead atoms. The number of rotatable bonds is 3. The minimum Gasteiger partial charge on any atom is -0.508 e. The third-order valence-electron chi connectivity index (χ3n) is 3.15. The molecule has 0 aliphatic heterocycles. The van der Waals surface area contributed by atoms with E-state index >= 15 is 0 Å². The summed E-state index contributed by atoms with van der Waals surface area (Å²) in [5.41, 5.74) is 6.19. The fourth-order valence-corrected chi connectivity index (χ4v) is 2.11. The monoisotopic (exact) mass is 287 g/mol. The van der Waals surface area contributed by atoms with Crippen LogP contribution in [0.2, 0.25) is 0 Å². The summed E-state index contributed by atoms with van der Waals surface area (Å²) in [7, 11) is 0. The molecule has 8 nitrogen and oxygen atoms in total. The van der Waals surface area contributed by atoms with E-state index in [1.807, 2.05) is 0 Å². The Morgan fingerprint density at radius 3 is 2.57 bits per heavy atom. The summed E-state index contributed by atoms with van der Waals surface area (Å²) in [6, 6.07) is 6.19. The van der Waals surface area contributed by atoms with Crippen LogP contribution >= 0.6 is 0 Å². The molecule has 0 saturated heterocycles. The molecule has 0 radical (unpaired) electrons. The Morgan fingerprint density at radius 1 is 1.14 bits per heavy atom. The average Bonchev–Trinajstić information content (AvgIpc) is 2.85. The molecule has 3 rings (SSSR count). The summed E-state index contributed by atoms with van der Waals surface area (Å²) in [6.45, 7) is 0. The first-order valence-electron chi connectivity index (χ1n) is 6.28. The smallest absolute Gasteiger partial charge is 0.327 e. The number of H-pyrrole nitrogens is 3. The molecule has 2 aromatic heterocycles. The van der Waals surface area contributed by atoms with Crippen molar-refractivity contribution in [2.75, 3.05) is 0 Å². The Balaban J connectivity index is 1.92. The first-order valence-corrected chi connectivity index (χ1v) is 6.28. The van der Waals surface area contributed by atoms with Crippen molar-refractivity contribution >= 4 is 11.2 Å². The number of nitrogens with one attached hydrogen (secondary N) is 3. The molecule has 0 aliphatic rings. The predicted octanol–water partition coefficient (Wildman–Crippen LogP) is -0.112. The maximum absolute atomic E-state index is 11.6. The van der Waals surface area contributed by atoms with Gasteiger partial charge in [0.05, 0.1) is 6.04 Å². The number of aromatic nitrogens is 4. The van der Waals surface area contributed by atoms with E-state index in [-0.39, 0.29) is 16.9 Å². The third kappa shape index (κ3) is 2.56. The van der Waals surface area contributed by atoms with Crippen molar-refractivity contribution in [1.82, 2.24) is 19.9 Å². The van der Waals surface area contributed by atoms with E-state index < -0.39 is 17.3 Å². The lowest BCUT2D eigenvalue weighted by molar-refractivity contribution is 0.475. The average molecular weight is 287 g/mol. The maximum Gasteiger partial charge on any atom is 0.327 e. The van der Waals surface area contributed by atoms with Gasteiger partial charge in [-0.25, -0.2) is 9.78 Å². The number of phenols is 1. The Hall–Kier alpha value is -2.87. The number of phenolic OH excluding ortho intramolecular Hbond substituents is 1. The molecule has 3 aromatic rings. The Labute approximate surface area is 117 Å². The van der Waals surface area contributed by atoms with Gasteiger partial charge in [-0.05, 0) is 24.1 Å². The summed E-state index contributed by atoms with van der Waals surface area (Å²) in [5, 5.41) is 9.24. The zero-order valence-corrected chi connectivity index (χ0v) is 10.9. The Bertz CT molecular complexity index is 891. The van der Waals surface area contributed by atoms with Crippen LogP contribution in [0.1, 0.15) is 17.4 Å². The fourth-order valence-electron chi connectivity index (χ4n) is 2.11. The largest absolute Gasteiger partial charge is 0.508 e. The number of aromatic hydroxyl groups is 1. The molecule has 1 atom stereocenters. The minimum absolute atomic E-state index is 0.180.